The molecule has 2 unspecified atom stereocenters. The fourth-order valence-corrected chi connectivity index (χ4v) is 5.53. The highest BCUT2D eigenvalue weighted by atomic mass is 16.7. The van der Waals surface area contributed by atoms with Crippen LogP contribution in [-0.2, 0) is 9.63 Å². The molecule has 0 radical (unpaired) electrons. The molecule has 2 amide bonds. The fraction of sp³-hybridized carbons (Fsp3) is 0.750. The SMILES string of the molecule is C=CCON1C(=O)N2C[C@H]1[C@@H]1C3CCCCCC31[C@H]2C(=O)O. The summed E-state index contributed by atoms with van der Waals surface area (Å²) in [7, 11) is 0. The number of rotatable bonds is 4. The van der Waals surface area contributed by atoms with Crippen LogP contribution < -0.4 is 0 Å². The number of fused-ring (bicyclic) bond motifs is 4. The third-order valence-electron chi connectivity index (χ3n) is 6.18. The van der Waals surface area contributed by atoms with Gasteiger partial charge in [-0.05, 0) is 24.7 Å². The van der Waals surface area contributed by atoms with Crippen LogP contribution in [0.5, 0.6) is 0 Å². The van der Waals surface area contributed by atoms with Crippen LogP contribution in [0, 0.1) is 17.3 Å². The maximum Gasteiger partial charge on any atom is 0.345 e. The van der Waals surface area contributed by atoms with E-state index < -0.39 is 12.0 Å². The van der Waals surface area contributed by atoms with Gasteiger partial charge in [0.25, 0.3) is 0 Å². The highest BCUT2D eigenvalue weighted by molar-refractivity contribution is 5.86. The summed E-state index contributed by atoms with van der Waals surface area (Å²) in [5, 5.41) is 11.2. The molecule has 22 heavy (non-hydrogen) atoms. The summed E-state index contributed by atoms with van der Waals surface area (Å²) >= 11 is 0. The van der Waals surface area contributed by atoms with E-state index in [0.717, 1.165) is 19.3 Å². The first-order chi connectivity index (χ1) is 10.6. The van der Waals surface area contributed by atoms with Crippen LogP contribution in [0.4, 0.5) is 4.79 Å². The summed E-state index contributed by atoms with van der Waals surface area (Å²) in [5.41, 5.74) is -0.215. The van der Waals surface area contributed by atoms with Crippen molar-refractivity contribution in [2.75, 3.05) is 13.2 Å². The average Bonchev–Trinajstić information content (AvgIpc) is 3.09. The lowest BCUT2D eigenvalue weighted by atomic mass is 9.82. The minimum atomic E-state index is -0.855. The van der Waals surface area contributed by atoms with E-state index in [9.17, 15) is 14.7 Å². The highest BCUT2D eigenvalue weighted by Crippen LogP contribution is 2.72. The van der Waals surface area contributed by atoms with Crippen LogP contribution in [0.2, 0.25) is 0 Å². The molecule has 0 aromatic carbocycles. The Kier molecular flexibility index (Phi) is 3.01. The van der Waals surface area contributed by atoms with E-state index in [0.29, 0.717) is 12.5 Å². The second-order valence-electron chi connectivity index (χ2n) is 7.00. The number of aliphatic carboxylic acids is 1. The van der Waals surface area contributed by atoms with Crippen molar-refractivity contribution in [3.8, 4) is 0 Å². The van der Waals surface area contributed by atoms with Crippen molar-refractivity contribution in [3.05, 3.63) is 12.7 Å². The molecule has 4 rings (SSSR count). The van der Waals surface area contributed by atoms with Crippen molar-refractivity contribution in [2.45, 2.75) is 44.2 Å². The topological polar surface area (TPSA) is 70.1 Å². The van der Waals surface area contributed by atoms with Gasteiger partial charge in [-0.2, -0.15) is 5.06 Å². The number of hydroxylamine groups is 2. The molecule has 6 heteroatoms. The Morgan fingerprint density at radius 1 is 1.45 bits per heavy atom. The summed E-state index contributed by atoms with van der Waals surface area (Å²) in [4.78, 5) is 31.6. The Balaban J connectivity index is 1.71. The van der Waals surface area contributed by atoms with Gasteiger partial charge in [-0.15, -0.1) is 6.58 Å². The standard InChI is InChI=1S/C16H22N2O4/c1-2-8-22-18-11-9-17(15(18)21)13(14(19)20)16-7-5-3-4-6-10(16)12(11)16/h2,10-13H,1,3-9H2,(H,19,20)/t10?,11-,12-,13+,16?/m0/s1. The number of hydrogen-bond donors (Lipinski definition) is 1. The van der Waals surface area contributed by atoms with Crippen LogP contribution in [0.15, 0.2) is 12.7 Å². The van der Waals surface area contributed by atoms with E-state index in [1.165, 1.54) is 22.8 Å². The monoisotopic (exact) mass is 306 g/mol. The Morgan fingerprint density at radius 3 is 3.00 bits per heavy atom. The van der Waals surface area contributed by atoms with Gasteiger partial charge in [-0.25, -0.2) is 9.59 Å². The summed E-state index contributed by atoms with van der Waals surface area (Å²) in [5.74, 6) is -0.151. The van der Waals surface area contributed by atoms with Crippen LogP contribution in [0.25, 0.3) is 0 Å². The van der Waals surface area contributed by atoms with Gasteiger partial charge < -0.3 is 10.0 Å². The van der Waals surface area contributed by atoms with Crippen LogP contribution >= 0.6 is 0 Å². The lowest BCUT2D eigenvalue weighted by Crippen LogP contribution is -2.52. The van der Waals surface area contributed by atoms with E-state index in [1.54, 1.807) is 6.08 Å². The van der Waals surface area contributed by atoms with Gasteiger partial charge in [0.15, 0.2) is 0 Å². The third kappa shape index (κ3) is 1.59. The zero-order valence-electron chi connectivity index (χ0n) is 12.6. The summed E-state index contributed by atoms with van der Waals surface area (Å²) in [6.45, 7) is 4.38. The second kappa shape index (κ2) is 4.72. The number of hydrogen-bond acceptors (Lipinski definition) is 3. The van der Waals surface area contributed by atoms with Gasteiger partial charge in [-0.1, -0.05) is 25.3 Å². The van der Waals surface area contributed by atoms with Gasteiger partial charge in [-0.3, -0.25) is 4.84 Å². The molecule has 1 N–H and O–H groups in total. The van der Waals surface area contributed by atoms with Gasteiger partial charge in [0.1, 0.15) is 6.04 Å². The van der Waals surface area contributed by atoms with Crippen molar-refractivity contribution in [1.29, 1.82) is 0 Å². The lowest BCUT2D eigenvalue weighted by Gasteiger charge is -2.35. The number of carboxylic acids is 1. The Hall–Kier alpha value is -1.56. The van der Waals surface area contributed by atoms with Gasteiger partial charge in [0.2, 0.25) is 0 Å². The molecule has 1 spiro atoms. The average molecular weight is 306 g/mol. The van der Waals surface area contributed by atoms with Gasteiger partial charge in [0, 0.05) is 12.0 Å². The molecular formula is C16H22N2O4. The number of carbonyl (C=O) groups excluding carboxylic acids is 1. The molecule has 2 aliphatic heterocycles. The summed E-state index contributed by atoms with van der Waals surface area (Å²) in [6, 6.07) is -0.961. The predicted molar refractivity (Wildman–Crippen MR) is 77.8 cm³/mol. The van der Waals surface area contributed by atoms with E-state index in [-0.39, 0.29) is 30.0 Å². The normalized spacial score (nSPS) is 42.5. The molecule has 6 nitrogen and oxygen atoms in total. The Labute approximate surface area is 129 Å². The number of nitrogens with zero attached hydrogens (tertiary/aromatic N) is 2. The quantitative estimate of drug-likeness (QED) is 0.805. The van der Waals surface area contributed by atoms with Crippen LogP contribution in [0.3, 0.4) is 0 Å². The molecule has 2 aliphatic carbocycles. The van der Waals surface area contributed by atoms with Crippen molar-refractivity contribution < 1.29 is 19.5 Å². The minimum Gasteiger partial charge on any atom is -0.480 e. The Morgan fingerprint density at radius 2 is 2.27 bits per heavy atom. The zero-order valence-corrected chi connectivity index (χ0v) is 12.6. The van der Waals surface area contributed by atoms with Crippen LogP contribution in [0.1, 0.15) is 32.1 Å². The molecule has 0 aromatic heterocycles. The largest absolute Gasteiger partial charge is 0.480 e. The maximum absolute atomic E-state index is 12.6. The molecule has 2 saturated carbocycles. The second-order valence-corrected chi connectivity index (χ2v) is 7.00. The first-order valence-electron chi connectivity index (χ1n) is 8.19. The first-order valence-corrected chi connectivity index (χ1v) is 8.19. The van der Waals surface area contributed by atoms with Gasteiger partial charge in [0.05, 0.1) is 12.6 Å². The van der Waals surface area contributed by atoms with Crippen molar-refractivity contribution in [3.63, 3.8) is 0 Å². The molecule has 2 bridgehead atoms. The minimum absolute atomic E-state index is 0.00569. The number of amides is 2. The molecule has 2 heterocycles. The molecule has 4 fully saturated rings. The maximum atomic E-state index is 12.6. The van der Waals surface area contributed by atoms with Crippen molar-refractivity contribution >= 4 is 12.0 Å². The molecule has 120 valence electrons. The molecule has 5 atom stereocenters. The number of carbonyl (C=O) groups is 2. The lowest BCUT2D eigenvalue weighted by molar-refractivity contribution is -0.146. The Bertz CT molecular complexity index is 536. The highest BCUT2D eigenvalue weighted by Gasteiger charge is 2.78. The van der Waals surface area contributed by atoms with Crippen molar-refractivity contribution in [2.24, 2.45) is 17.3 Å². The third-order valence-corrected chi connectivity index (χ3v) is 6.18. The molecule has 2 saturated heterocycles. The smallest absolute Gasteiger partial charge is 0.345 e. The van der Waals surface area contributed by atoms with Crippen molar-refractivity contribution in [1.82, 2.24) is 9.96 Å². The summed E-state index contributed by atoms with van der Waals surface area (Å²) in [6.07, 6.45) is 7.03. The zero-order chi connectivity index (χ0) is 15.5. The predicted octanol–water partition coefficient (Wildman–Crippen LogP) is 1.87. The molecule has 0 aromatic rings. The molecular weight excluding hydrogens is 284 g/mol. The molecule has 4 aliphatic rings. The van der Waals surface area contributed by atoms with E-state index in [4.69, 9.17) is 4.84 Å². The van der Waals surface area contributed by atoms with E-state index in [2.05, 4.69) is 6.58 Å². The van der Waals surface area contributed by atoms with E-state index >= 15 is 0 Å². The number of urea groups is 1. The number of carboxylic acid groups (broad SMARTS) is 1. The van der Waals surface area contributed by atoms with Gasteiger partial charge >= 0.3 is 12.0 Å². The van der Waals surface area contributed by atoms with E-state index in [1.807, 2.05) is 0 Å². The first kappa shape index (κ1) is 14.1. The fourth-order valence-electron chi connectivity index (χ4n) is 5.53. The summed E-state index contributed by atoms with van der Waals surface area (Å²) < 4.78 is 0. The number of piperidine rings is 1. The van der Waals surface area contributed by atoms with Crippen LogP contribution in [-0.4, -0.2) is 52.3 Å².